The first-order chi connectivity index (χ1) is 12.6. The van der Waals surface area contributed by atoms with E-state index < -0.39 is 6.36 Å². The predicted octanol–water partition coefficient (Wildman–Crippen LogP) is 3.83. The first-order valence-electron chi connectivity index (χ1n) is 7.96. The Hall–Kier alpha value is -3.03. The van der Waals surface area contributed by atoms with Crippen molar-refractivity contribution < 1.29 is 32.2 Å². The van der Waals surface area contributed by atoms with Crippen molar-refractivity contribution in [1.29, 1.82) is 0 Å². The number of hydrogen-bond acceptors (Lipinski definition) is 4. The molecule has 0 aromatic heterocycles. The molecule has 0 N–H and O–H groups in total. The van der Waals surface area contributed by atoms with Gasteiger partial charge < -0.3 is 14.4 Å². The summed E-state index contributed by atoms with van der Waals surface area (Å²) in [5, 5.41) is 0. The van der Waals surface area contributed by atoms with Crippen molar-refractivity contribution in [3.05, 3.63) is 59.7 Å². The van der Waals surface area contributed by atoms with Gasteiger partial charge in [-0.3, -0.25) is 9.59 Å². The van der Waals surface area contributed by atoms with Gasteiger partial charge in [0.2, 0.25) is 0 Å². The molecular formula is C19H18F3NO4. The summed E-state index contributed by atoms with van der Waals surface area (Å²) in [5.41, 5.74) is 1.19. The number of alkyl halides is 3. The van der Waals surface area contributed by atoms with Crippen LogP contribution in [0.1, 0.15) is 22.8 Å². The second-order valence-corrected chi connectivity index (χ2v) is 5.81. The summed E-state index contributed by atoms with van der Waals surface area (Å²) in [5.74, 6) is -0.238. The van der Waals surface area contributed by atoms with Gasteiger partial charge in [-0.2, -0.15) is 0 Å². The number of halogens is 3. The van der Waals surface area contributed by atoms with Crippen LogP contribution < -0.4 is 9.47 Å². The highest BCUT2D eigenvalue weighted by Crippen LogP contribution is 2.23. The van der Waals surface area contributed by atoms with Crippen molar-refractivity contribution in [2.45, 2.75) is 19.8 Å². The Morgan fingerprint density at radius 3 is 2.04 bits per heavy atom. The highest BCUT2D eigenvalue weighted by atomic mass is 19.4. The smallest absolute Gasteiger partial charge is 0.484 e. The first kappa shape index (κ1) is 20.3. The number of Topliss-reactive ketones (excluding diaryl/α,β-unsaturated/α-hetero) is 1. The lowest BCUT2D eigenvalue weighted by atomic mass is 10.1. The molecule has 0 aliphatic carbocycles. The molecule has 5 nitrogen and oxygen atoms in total. The molecule has 2 aromatic rings. The lowest BCUT2D eigenvalue weighted by Crippen LogP contribution is -2.30. The lowest BCUT2D eigenvalue weighted by Gasteiger charge is -2.18. The molecule has 2 rings (SSSR count). The minimum Gasteiger partial charge on any atom is -0.484 e. The van der Waals surface area contributed by atoms with Crippen molar-refractivity contribution in [1.82, 2.24) is 4.90 Å². The summed E-state index contributed by atoms with van der Waals surface area (Å²) in [6.45, 7) is 1.46. The van der Waals surface area contributed by atoms with E-state index in [9.17, 15) is 22.8 Å². The summed E-state index contributed by atoms with van der Waals surface area (Å²) in [7, 11) is 1.56. The third kappa shape index (κ3) is 6.65. The zero-order valence-electron chi connectivity index (χ0n) is 14.7. The minimum atomic E-state index is -4.74. The van der Waals surface area contributed by atoms with E-state index >= 15 is 0 Å². The molecule has 0 aliphatic rings. The molecule has 0 bridgehead atoms. The van der Waals surface area contributed by atoms with Crippen LogP contribution in [0.3, 0.4) is 0 Å². The summed E-state index contributed by atoms with van der Waals surface area (Å²) >= 11 is 0. The Morgan fingerprint density at radius 1 is 0.963 bits per heavy atom. The van der Waals surface area contributed by atoms with Crippen molar-refractivity contribution in [3.63, 3.8) is 0 Å². The van der Waals surface area contributed by atoms with Crippen LogP contribution in [0, 0.1) is 0 Å². The van der Waals surface area contributed by atoms with E-state index in [-0.39, 0.29) is 30.6 Å². The number of benzene rings is 2. The van der Waals surface area contributed by atoms with Gasteiger partial charge in [0, 0.05) is 19.2 Å². The number of rotatable bonds is 7. The van der Waals surface area contributed by atoms with Crippen LogP contribution in [0.15, 0.2) is 48.5 Å². The number of ketones is 1. The van der Waals surface area contributed by atoms with Gasteiger partial charge in [0.15, 0.2) is 12.4 Å². The molecule has 8 heteroatoms. The Labute approximate surface area is 154 Å². The maximum atomic E-state index is 12.1. The molecule has 0 unspecified atom stereocenters. The minimum absolute atomic E-state index is 0.0657. The zero-order valence-corrected chi connectivity index (χ0v) is 14.7. The second-order valence-electron chi connectivity index (χ2n) is 5.81. The third-order valence-corrected chi connectivity index (χ3v) is 3.63. The average Bonchev–Trinajstić information content (AvgIpc) is 2.60. The molecule has 2 aromatic carbocycles. The van der Waals surface area contributed by atoms with E-state index in [2.05, 4.69) is 4.74 Å². The summed E-state index contributed by atoms with van der Waals surface area (Å²) in [4.78, 5) is 24.7. The van der Waals surface area contributed by atoms with Gasteiger partial charge in [0.05, 0.1) is 0 Å². The van der Waals surface area contributed by atoms with Gasteiger partial charge in [-0.25, -0.2) is 0 Å². The van der Waals surface area contributed by atoms with Gasteiger partial charge in [-0.1, -0.05) is 12.1 Å². The topological polar surface area (TPSA) is 55.8 Å². The van der Waals surface area contributed by atoms with E-state index in [1.165, 1.54) is 36.1 Å². The monoisotopic (exact) mass is 381 g/mol. The fourth-order valence-corrected chi connectivity index (χ4v) is 2.20. The SMILES string of the molecule is CC(=O)c1ccc(OCC(=O)N(C)Cc2ccc(OC(F)(F)F)cc2)cc1. The van der Waals surface area contributed by atoms with Crippen LogP contribution in [0.5, 0.6) is 11.5 Å². The maximum Gasteiger partial charge on any atom is 0.573 e. The summed E-state index contributed by atoms with van der Waals surface area (Å²) in [6, 6.07) is 11.7. The van der Waals surface area contributed by atoms with E-state index in [1.54, 1.807) is 31.3 Å². The number of ether oxygens (including phenoxy) is 2. The predicted molar refractivity (Wildman–Crippen MR) is 91.5 cm³/mol. The van der Waals surface area contributed by atoms with Crippen LogP contribution in [-0.4, -0.2) is 36.6 Å². The summed E-state index contributed by atoms with van der Waals surface area (Å²) in [6.07, 6.45) is -4.74. The fraction of sp³-hybridized carbons (Fsp3) is 0.263. The highest BCUT2D eigenvalue weighted by Gasteiger charge is 2.30. The third-order valence-electron chi connectivity index (χ3n) is 3.63. The van der Waals surface area contributed by atoms with Crippen LogP contribution in [0.4, 0.5) is 13.2 Å². The van der Waals surface area contributed by atoms with Crippen LogP contribution in [0.2, 0.25) is 0 Å². The highest BCUT2D eigenvalue weighted by molar-refractivity contribution is 5.94. The Kier molecular flexibility index (Phi) is 6.44. The molecule has 0 fully saturated rings. The largest absolute Gasteiger partial charge is 0.573 e. The second kappa shape index (κ2) is 8.57. The molecule has 0 spiro atoms. The Balaban J connectivity index is 1.85. The quantitative estimate of drug-likeness (QED) is 0.684. The van der Waals surface area contributed by atoms with Gasteiger partial charge in [0.25, 0.3) is 5.91 Å². The summed E-state index contributed by atoms with van der Waals surface area (Å²) < 4.78 is 45.6. The van der Waals surface area contributed by atoms with E-state index in [0.29, 0.717) is 16.9 Å². The lowest BCUT2D eigenvalue weighted by molar-refractivity contribution is -0.274. The maximum absolute atomic E-state index is 12.1. The molecule has 144 valence electrons. The molecular weight excluding hydrogens is 363 g/mol. The molecule has 0 heterocycles. The molecule has 0 saturated heterocycles. The van der Waals surface area contributed by atoms with E-state index in [0.717, 1.165) is 0 Å². The van der Waals surface area contributed by atoms with Crippen LogP contribution >= 0.6 is 0 Å². The van der Waals surface area contributed by atoms with E-state index in [1.807, 2.05) is 0 Å². The fourth-order valence-electron chi connectivity index (χ4n) is 2.20. The number of amides is 1. The molecule has 0 radical (unpaired) electrons. The number of carbonyl (C=O) groups excluding carboxylic acids is 2. The van der Waals surface area contributed by atoms with Crippen molar-refractivity contribution in [2.75, 3.05) is 13.7 Å². The van der Waals surface area contributed by atoms with Gasteiger partial charge in [-0.15, -0.1) is 13.2 Å². The van der Waals surface area contributed by atoms with Crippen molar-refractivity contribution in [3.8, 4) is 11.5 Å². The molecule has 0 atom stereocenters. The number of likely N-dealkylation sites (N-methyl/N-ethyl adjacent to an activating group) is 1. The zero-order chi connectivity index (χ0) is 20.0. The van der Waals surface area contributed by atoms with Crippen LogP contribution in [-0.2, 0) is 11.3 Å². The molecule has 1 amide bonds. The standard InChI is InChI=1S/C19H18F3NO4/c1-13(24)15-5-9-16(10-6-15)26-12-18(25)23(2)11-14-3-7-17(8-4-14)27-19(20,21)22/h3-10H,11-12H2,1-2H3. The molecule has 0 aliphatic heterocycles. The van der Waals surface area contributed by atoms with Gasteiger partial charge in [-0.05, 0) is 48.9 Å². The van der Waals surface area contributed by atoms with E-state index in [4.69, 9.17) is 4.74 Å². The Bertz CT molecular complexity index is 786. The van der Waals surface area contributed by atoms with Crippen molar-refractivity contribution in [2.24, 2.45) is 0 Å². The van der Waals surface area contributed by atoms with Crippen LogP contribution in [0.25, 0.3) is 0 Å². The van der Waals surface area contributed by atoms with Crippen molar-refractivity contribution >= 4 is 11.7 Å². The first-order valence-corrected chi connectivity index (χ1v) is 7.96. The van der Waals surface area contributed by atoms with Gasteiger partial charge >= 0.3 is 6.36 Å². The molecule has 0 saturated carbocycles. The Morgan fingerprint density at radius 2 is 1.52 bits per heavy atom. The number of hydrogen-bond donors (Lipinski definition) is 0. The number of carbonyl (C=O) groups is 2. The number of nitrogens with zero attached hydrogens (tertiary/aromatic N) is 1. The normalized spacial score (nSPS) is 11.0. The van der Waals surface area contributed by atoms with Gasteiger partial charge in [0.1, 0.15) is 11.5 Å². The molecule has 27 heavy (non-hydrogen) atoms. The average molecular weight is 381 g/mol.